The number of aryl methyl sites for hydroxylation is 4. The van der Waals surface area contributed by atoms with Crippen LogP contribution in [0.3, 0.4) is 0 Å². The molecule has 0 saturated heterocycles. The van der Waals surface area contributed by atoms with Crippen molar-refractivity contribution in [1.29, 1.82) is 0 Å². The van der Waals surface area contributed by atoms with E-state index in [0.717, 1.165) is 54.8 Å². The Morgan fingerprint density at radius 2 is 2.20 bits per heavy atom. The summed E-state index contributed by atoms with van der Waals surface area (Å²) < 4.78 is 7.62. The SMILES string of the molecule is CCc1nc2n(n1)CC(NCc1nc(C)c(C)o1)CC2. The van der Waals surface area contributed by atoms with Crippen LogP contribution in [0.2, 0.25) is 0 Å². The van der Waals surface area contributed by atoms with E-state index < -0.39 is 0 Å². The van der Waals surface area contributed by atoms with Crippen molar-refractivity contribution < 1.29 is 4.42 Å². The van der Waals surface area contributed by atoms with Crippen molar-refractivity contribution in [3.8, 4) is 0 Å². The van der Waals surface area contributed by atoms with Crippen LogP contribution in [0.5, 0.6) is 0 Å². The van der Waals surface area contributed by atoms with Gasteiger partial charge in [-0.25, -0.2) is 14.6 Å². The highest BCUT2D eigenvalue weighted by Crippen LogP contribution is 2.14. The maximum atomic E-state index is 5.59. The molecule has 6 nitrogen and oxygen atoms in total. The molecule has 2 aromatic heterocycles. The van der Waals surface area contributed by atoms with Crippen molar-refractivity contribution in [2.75, 3.05) is 0 Å². The van der Waals surface area contributed by atoms with Gasteiger partial charge in [-0.2, -0.15) is 5.10 Å². The zero-order chi connectivity index (χ0) is 14.1. The molecule has 0 amide bonds. The van der Waals surface area contributed by atoms with Crippen LogP contribution >= 0.6 is 0 Å². The van der Waals surface area contributed by atoms with E-state index in [1.165, 1.54) is 0 Å². The van der Waals surface area contributed by atoms with Gasteiger partial charge >= 0.3 is 0 Å². The molecular weight excluding hydrogens is 254 g/mol. The van der Waals surface area contributed by atoms with E-state index in [0.29, 0.717) is 12.6 Å². The molecule has 108 valence electrons. The van der Waals surface area contributed by atoms with Gasteiger partial charge in [0.1, 0.15) is 11.6 Å². The fourth-order valence-corrected chi connectivity index (χ4v) is 2.52. The average molecular weight is 275 g/mol. The molecule has 0 spiro atoms. The van der Waals surface area contributed by atoms with E-state index in [-0.39, 0.29) is 0 Å². The van der Waals surface area contributed by atoms with Gasteiger partial charge in [0.05, 0.1) is 18.8 Å². The first-order valence-corrected chi connectivity index (χ1v) is 7.24. The molecule has 3 heterocycles. The molecule has 0 radical (unpaired) electrons. The van der Waals surface area contributed by atoms with Gasteiger partial charge in [-0.3, -0.25) is 0 Å². The molecule has 1 N–H and O–H groups in total. The minimum atomic E-state index is 0.404. The van der Waals surface area contributed by atoms with Crippen molar-refractivity contribution in [3.05, 3.63) is 29.0 Å². The monoisotopic (exact) mass is 275 g/mol. The molecule has 1 atom stereocenters. The average Bonchev–Trinajstić information content (AvgIpc) is 2.99. The molecule has 0 fully saturated rings. The van der Waals surface area contributed by atoms with E-state index >= 15 is 0 Å². The van der Waals surface area contributed by atoms with E-state index in [1.807, 2.05) is 18.5 Å². The third-order valence-electron chi connectivity index (χ3n) is 3.83. The van der Waals surface area contributed by atoms with Crippen LogP contribution in [-0.2, 0) is 25.9 Å². The number of aromatic nitrogens is 4. The summed E-state index contributed by atoms with van der Waals surface area (Å²) in [5, 5.41) is 8.02. The van der Waals surface area contributed by atoms with Crippen LogP contribution in [0, 0.1) is 13.8 Å². The molecule has 0 aromatic carbocycles. The molecule has 0 aliphatic carbocycles. The zero-order valence-electron chi connectivity index (χ0n) is 12.3. The largest absolute Gasteiger partial charge is 0.444 e. The minimum Gasteiger partial charge on any atom is -0.444 e. The Hall–Kier alpha value is -1.69. The van der Waals surface area contributed by atoms with Crippen LogP contribution in [0.4, 0.5) is 0 Å². The maximum absolute atomic E-state index is 5.59. The van der Waals surface area contributed by atoms with Crippen molar-refractivity contribution in [2.45, 2.75) is 59.2 Å². The Labute approximate surface area is 118 Å². The van der Waals surface area contributed by atoms with Crippen LogP contribution in [0.25, 0.3) is 0 Å². The van der Waals surface area contributed by atoms with Gasteiger partial charge in [0.25, 0.3) is 0 Å². The highest BCUT2D eigenvalue weighted by Gasteiger charge is 2.21. The van der Waals surface area contributed by atoms with Gasteiger partial charge in [-0.05, 0) is 20.3 Å². The lowest BCUT2D eigenvalue weighted by atomic mass is 10.1. The molecule has 1 aliphatic heterocycles. The Kier molecular flexibility index (Phi) is 3.56. The molecular formula is C14H21N5O. The summed E-state index contributed by atoms with van der Waals surface area (Å²) in [5.41, 5.74) is 0.969. The maximum Gasteiger partial charge on any atom is 0.208 e. The van der Waals surface area contributed by atoms with E-state index in [2.05, 4.69) is 27.3 Å². The van der Waals surface area contributed by atoms with Gasteiger partial charge < -0.3 is 9.73 Å². The predicted molar refractivity (Wildman–Crippen MR) is 74.3 cm³/mol. The standard InChI is InChI=1S/C14H21N5O/c1-4-12-17-13-6-5-11(8-19(13)18-12)15-7-14-16-9(2)10(3)20-14/h11,15H,4-8H2,1-3H3. The lowest BCUT2D eigenvalue weighted by molar-refractivity contribution is 0.339. The summed E-state index contributed by atoms with van der Waals surface area (Å²) in [6, 6.07) is 0.404. The van der Waals surface area contributed by atoms with Crippen LogP contribution < -0.4 is 5.32 Å². The summed E-state index contributed by atoms with van der Waals surface area (Å²) in [4.78, 5) is 8.92. The van der Waals surface area contributed by atoms with Crippen molar-refractivity contribution in [2.24, 2.45) is 0 Å². The van der Waals surface area contributed by atoms with Crippen LogP contribution in [0.15, 0.2) is 4.42 Å². The van der Waals surface area contributed by atoms with Crippen molar-refractivity contribution in [1.82, 2.24) is 25.1 Å². The smallest absolute Gasteiger partial charge is 0.208 e. The van der Waals surface area contributed by atoms with Crippen LogP contribution in [0.1, 0.15) is 42.3 Å². The molecule has 2 aromatic rings. The van der Waals surface area contributed by atoms with E-state index in [9.17, 15) is 0 Å². The highest BCUT2D eigenvalue weighted by atomic mass is 16.4. The first-order valence-electron chi connectivity index (χ1n) is 7.24. The Morgan fingerprint density at radius 3 is 2.90 bits per heavy atom. The Balaban J connectivity index is 1.60. The first kappa shape index (κ1) is 13.3. The van der Waals surface area contributed by atoms with Crippen LogP contribution in [-0.4, -0.2) is 25.8 Å². The number of oxazole rings is 1. The van der Waals surface area contributed by atoms with Gasteiger partial charge in [0.2, 0.25) is 5.89 Å². The third-order valence-corrected chi connectivity index (χ3v) is 3.83. The third kappa shape index (κ3) is 2.60. The van der Waals surface area contributed by atoms with Gasteiger partial charge in [-0.1, -0.05) is 6.92 Å². The molecule has 0 bridgehead atoms. The second-order valence-electron chi connectivity index (χ2n) is 5.35. The van der Waals surface area contributed by atoms with Gasteiger partial charge in [0.15, 0.2) is 5.82 Å². The molecule has 3 rings (SSSR count). The number of nitrogens with one attached hydrogen (secondary N) is 1. The molecule has 1 aliphatic rings. The Morgan fingerprint density at radius 1 is 1.35 bits per heavy atom. The summed E-state index contributed by atoms with van der Waals surface area (Å²) in [6.07, 6.45) is 2.96. The second kappa shape index (κ2) is 5.36. The summed E-state index contributed by atoms with van der Waals surface area (Å²) in [6.45, 7) is 7.55. The molecule has 1 unspecified atom stereocenters. The predicted octanol–water partition coefficient (Wildman–Crippen LogP) is 1.55. The number of nitrogens with zero attached hydrogens (tertiary/aromatic N) is 4. The van der Waals surface area contributed by atoms with Gasteiger partial charge in [-0.15, -0.1) is 0 Å². The summed E-state index contributed by atoms with van der Waals surface area (Å²) >= 11 is 0. The van der Waals surface area contributed by atoms with E-state index in [4.69, 9.17) is 4.42 Å². The summed E-state index contributed by atoms with van der Waals surface area (Å²) in [7, 11) is 0. The molecule has 6 heteroatoms. The molecule has 0 saturated carbocycles. The quantitative estimate of drug-likeness (QED) is 0.917. The number of fused-ring (bicyclic) bond motifs is 1. The van der Waals surface area contributed by atoms with Crippen molar-refractivity contribution >= 4 is 0 Å². The topological polar surface area (TPSA) is 68.8 Å². The second-order valence-corrected chi connectivity index (χ2v) is 5.35. The zero-order valence-corrected chi connectivity index (χ0v) is 12.3. The highest BCUT2D eigenvalue weighted by molar-refractivity contribution is 5.05. The number of hydrogen-bond acceptors (Lipinski definition) is 5. The lowest BCUT2D eigenvalue weighted by Gasteiger charge is -2.22. The van der Waals surface area contributed by atoms with E-state index in [1.54, 1.807) is 0 Å². The fraction of sp³-hybridized carbons (Fsp3) is 0.643. The fourth-order valence-electron chi connectivity index (χ4n) is 2.52. The number of rotatable bonds is 4. The van der Waals surface area contributed by atoms with Gasteiger partial charge in [0, 0.05) is 18.9 Å². The minimum absolute atomic E-state index is 0.404. The lowest BCUT2D eigenvalue weighted by Crippen LogP contribution is -2.37. The first-order chi connectivity index (χ1) is 9.65. The number of hydrogen-bond donors (Lipinski definition) is 1. The van der Waals surface area contributed by atoms with Crippen molar-refractivity contribution in [3.63, 3.8) is 0 Å². The Bertz CT molecular complexity index is 581. The normalized spacial score (nSPS) is 18.2. The summed E-state index contributed by atoms with van der Waals surface area (Å²) in [5.74, 6) is 3.72. The molecule has 20 heavy (non-hydrogen) atoms.